The molecule has 0 aromatic heterocycles. The van der Waals surface area contributed by atoms with E-state index in [0.717, 1.165) is 24.4 Å². The predicted molar refractivity (Wildman–Crippen MR) is 91.4 cm³/mol. The van der Waals surface area contributed by atoms with Crippen LogP contribution < -0.4 is 9.64 Å². The highest BCUT2D eigenvalue weighted by Gasteiger charge is 2.33. The van der Waals surface area contributed by atoms with Crippen LogP contribution in [0.15, 0.2) is 54.6 Å². The molecule has 1 aliphatic heterocycles. The Balaban J connectivity index is 0.000000188. The minimum atomic E-state index is 0.140. The summed E-state index contributed by atoms with van der Waals surface area (Å²) in [5.74, 6) is 0.925. The van der Waals surface area contributed by atoms with Gasteiger partial charge in [0.25, 0.3) is 0 Å². The number of nitrogens with zero attached hydrogens (tertiary/aromatic N) is 1. The van der Waals surface area contributed by atoms with Gasteiger partial charge in [-0.15, -0.1) is 0 Å². The maximum atomic E-state index is 8.54. The fourth-order valence-electron chi connectivity index (χ4n) is 2.55. The van der Waals surface area contributed by atoms with Crippen LogP contribution in [0.1, 0.15) is 19.4 Å². The van der Waals surface area contributed by atoms with Gasteiger partial charge in [0.1, 0.15) is 5.75 Å². The molecule has 1 fully saturated rings. The van der Waals surface area contributed by atoms with Crippen molar-refractivity contribution in [1.82, 2.24) is 0 Å². The zero-order chi connectivity index (χ0) is 16.0. The zero-order valence-electron chi connectivity index (χ0n) is 13.6. The van der Waals surface area contributed by atoms with E-state index in [4.69, 9.17) is 9.84 Å². The Morgan fingerprint density at radius 3 is 2.00 bits per heavy atom. The molecule has 0 amide bonds. The standard InChI is InChI=1S/C12H17NO.C7H8O/c1-12(2)8-13(9-12)10-4-6-11(14-3)7-5-10;8-6-7-4-2-1-3-5-7/h4-7H,8-9H2,1-3H3;1-5,8H,6H2. The van der Waals surface area contributed by atoms with E-state index in [1.165, 1.54) is 5.69 Å². The lowest BCUT2D eigenvalue weighted by Gasteiger charge is -2.47. The molecule has 1 N–H and O–H groups in total. The number of rotatable bonds is 3. The van der Waals surface area contributed by atoms with Crippen LogP contribution in [0, 0.1) is 5.41 Å². The van der Waals surface area contributed by atoms with Gasteiger partial charge in [-0.3, -0.25) is 0 Å². The minimum absolute atomic E-state index is 0.140. The van der Waals surface area contributed by atoms with Crippen molar-refractivity contribution >= 4 is 5.69 Å². The van der Waals surface area contributed by atoms with Crippen LogP contribution in [-0.2, 0) is 6.61 Å². The van der Waals surface area contributed by atoms with E-state index in [9.17, 15) is 0 Å². The van der Waals surface area contributed by atoms with Crippen LogP contribution in [0.2, 0.25) is 0 Å². The number of hydrogen-bond acceptors (Lipinski definition) is 3. The SMILES string of the molecule is COc1ccc(N2CC(C)(C)C2)cc1.OCc1ccccc1. The van der Waals surface area contributed by atoms with Crippen LogP contribution in [0.25, 0.3) is 0 Å². The first kappa shape index (κ1) is 16.4. The summed E-state index contributed by atoms with van der Waals surface area (Å²) in [5, 5.41) is 8.54. The Kier molecular flexibility index (Phi) is 5.45. The van der Waals surface area contributed by atoms with Crippen molar-refractivity contribution in [3.63, 3.8) is 0 Å². The average molecular weight is 299 g/mol. The summed E-state index contributed by atoms with van der Waals surface area (Å²) < 4.78 is 5.12. The molecule has 2 aromatic rings. The monoisotopic (exact) mass is 299 g/mol. The minimum Gasteiger partial charge on any atom is -0.497 e. The van der Waals surface area contributed by atoms with Gasteiger partial charge in [0.05, 0.1) is 13.7 Å². The third-order valence-corrected chi connectivity index (χ3v) is 3.70. The van der Waals surface area contributed by atoms with Crippen molar-refractivity contribution in [2.75, 3.05) is 25.1 Å². The lowest BCUT2D eigenvalue weighted by Crippen LogP contribution is -2.53. The van der Waals surface area contributed by atoms with Crippen molar-refractivity contribution in [1.29, 1.82) is 0 Å². The molecule has 1 heterocycles. The third kappa shape index (κ3) is 4.50. The number of aliphatic hydroxyl groups excluding tert-OH is 1. The number of aliphatic hydroxyl groups is 1. The summed E-state index contributed by atoms with van der Waals surface area (Å²) in [5.41, 5.74) is 2.75. The number of anilines is 1. The molecule has 0 aliphatic carbocycles. The van der Waals surface area contributed by atoms with Crippen LogP contribution >= 0.6 is 0 Å². The Labute approximate surface area is 133 Å². The molecule has 3 rings (SSSR count). The molecule has 0 bridgehead atoms. The molecule has 0 radical (unpaired) electrons. The molecule has 118 valence electrons. The number of ether oxygens (including phenoxy) is 1. The van der Waals surface area contributed by atoms with E-state index < -0.39 is 0 Å². The van der Waals surface area contributed by atoms with Gasteiger partial charge < -0.3 is 14.7 Å². The summed E-state index contributed by atoms with van der Waals surface area (Å²) in [6, 6.07) is 17.8. The average Bonchev–Trinajstić information content (AvgIpc) is 2.54. The summed E-state index contributed by atoms with van der Waals surface area (Å²) in [4.78, 5) is 2.39. The maximum absolute atomic E-state index is 8.54. The molecule has 0 unspecified atom stereocenters. The second-order valence-corrected chi connectivity index (χ2v) is 6.36. The zero-order valence-corrected chi connectivity index (χ0v) is 13.6. The number of methoxy groups -OCH3 is 1. The Bertz CT molecular complexity index is 556. The van der Waals surface area contributed by atoms with Gasteiger partial charge in [-0.25, -0.2) is 0 Å². The smallest absolute Gasteiger partial charge is 0.119 e. The van der Waals surface area contributed by atoms with Crippen molar-refractivity contribution in [3.8, 4) is 5.75 Å². The highest BCUT2D eigenvalue weighted by atomic mass is 16.5. The van der Waals surface area contributed by atoms with Crippen LogP contribution in [0.4, 0.5) is 5.69 Å². The van der Waals surface area contributed by atoms with Gasteiger partial charge in [-0.2, -0.15) is 0 Å². The summed E-state index contributed by atoms with van der Waals surface area (Å²) in [7, 11) is 1.70. The van der Waals surface area contributed by atoms with Gasteiger partial charge in [0.15, 0.2) is 0 Å². The fourth-order valence-corrected chi connectivity index (χ4v) is 2.55. The van der Waals surface area contributed by atoms with E-state index in [1.54, 1.807) is 7.11 Å². The van der Waals surface area contributed by atoms with Crippen molar-refractivity contribution in [2.24, 2.45) is 5.41 Å². The van der Waals surface area contributed by atoms with E-state index in [0.29, 0.717) is 5.41 Å². The fraction of sp³-hybridized carbons (Fsp3) is 0.368. The van der Waals surface area contributed by atoms with Crippen LogP contribution in [0.3, 0.4) is 0 Å². The molecule has 0 spiro atoms. The van der Waals surface area contributed by atoms with Crippen LogP contribution in [-0.4, -0.2) is 25.3 Å². The summed E-state index contributed by atoms with van der Waals surface area (Å²) in [6.07, 6.45) is 0. The number of hydrogen-bond donors (Lipinski definition) is 1. The molecule has 3 nitrogen and oxygen atoms in total. The lowest BCUT2D eigenvalue weighted by molar-refractivity contribution is 0.276. The van der Waals surface area contributed by atoms with Crippen LogP contribution in [0.5, 0.6) is 5.75 Å². The van der Waals surface area contributed by atoms with E-state index in [2.05, 4.69) is 30.9 Å². The maximum Gasteiger partial charge on any atom is 0.119 e. The molecule has 0 atom stereocenters. The Morgan fingerprint density at radius 2 is 1.59 bits per heavy atom. The van der Waals surface area contributed by atoms with Crippen molar-refractivity contribution in [2.45, 2.75) is 20.5 Å². The van der Waals surface area contributed by atoms with Gasteiger partial charge in [0, 0.05) is 18.8 Å². The number of benzene rings is 2. The molecule has 1 saturated heterocycles. The first-order chi connectivity index (χ1) is 10.5. The van der Waals surface area contributed by atoms with Gasteiger partial charge in [-0.1, -0.05) is 44.2 Å². The Morgan fingerprint density at radius 1 is 1.00 bits per heavy atom. The first-order valence-corrected chi connectivity index (χ1v) is 7.58. The van der Waals surface area contributed by atoms with Crippen molar-refractivity contribution in [3.05, 3.63) is 60.2 Å². The van der Waals surface area contributed by atoms with Gasteiger partial charge in [-0.05, 0) is 35.2 Å². The molecular formula is C19H25NO2. The highest BCUT2D eigenvalue weighted by molar-refractivity contribution is 5.51. The largest absolute Gasteiger partial charge is 0.497 e. The van der Waals surface area contributed by atoms with E-state index >= 15 is 0 Å². The third-order valence-electron chi connectivity index (χ3n) is 3.70. The Hall–Kier alpha value is -2.00. The molecule has 2 aromatic carbocycles. The second kappa shape index (κ2) is 7.32. The molecular weight excluding hydrogens is 274 g/mol. The quantitative estimate of drug-likeness (QED) is 0.937. The highest BCUT2D eigenvalue weighted by Crippen LogP contribution is 2.33. The molecule has 0 saturated carbocycles. The van der Waals surface area contributed by atoms with Gasteiger partial charge >= 0.3 is 0 Å². The normalized spacial score (nSPS) is 15.4. The predicted octanol–water partition coefficient (Wildman–Crippen LogP) is 3.72. The van der Waals surface area contributed by atoms with E-state index in [-0.39, 0.29) is 6.61 Å². The second-order valence-electron chi connectivity index (χ2n) is 6.36. The topological polar surface area (TPSA) is 32.7 Å². The van der Waals surface area contributed by atoms with Crippen molar-refractivity contribution < 1.29 is 9.84 Å². The first-order valence-electron chi connectivity index (χ1n) is 7.58. The van der Waals surface area contributed by atoms with E-state index in [1.807, 2.05) is 42.5 Å². The summed E-state index contributed by atoms with van der Waals surface area (Å²) in [6.45, 7) is 7.04. The van der Waals surface area contributed by atoms with Gasteiger partial charge in [0.2, 0.25) is 0 Å². The lowest BCUT2D eigenvalue weighted by atomic mass is 9.84. The summed E-state index contributed by atoms with van der Waals surface area (Å²) >= 11 is 0. The molecule has 22 heavy (non-hydrogen) atoms. The molecule has 1 aliphatic rings. The molecule has 3 heteroatoms.